The van der Waals surface area contributed by atoms with Gasteiger partial charge < -0.3 is 19.3 Å². The van der Waals surface area contributed by atoms with Gasteiger partial charge in [-0.1, -0.05) is 24.3 Å². The molecule has 2 aromatic carbocycles. The highest BCUT2D eigenvalue weighted by Gasteiger charge is 2.30. The van der Waals surface area contributed by atoms with Crippen LogP contribution >= 0.6 is 0 Å². The van der Waals surface area contributed by atoms with Gasteiger partial charge in [0.2, 0.25) is 0 Å². The maximum Gasteiger partial charge on any atom is 0.342 e. The highest BCUT2D eigenvalue weighted by molar-refractivity contribution is 6.14. The summed E-state index contributed by atoms with van der Waals surface area (Å²) in [5, 5.41) is 11.4. The number of methoxy groups -OCH3 is 1. The Kier molecular flexibility index (Phi) is 5.05. The van der Waals surface area contributed by atoms with Crippen molar-refractivity contribution in [1.82, 2.24) is 0 Å². The number of hydrogen-bond donors (Lipinski definition) is 1. The third kappa shape index (κ3) is 2.92. The van der Waals surface area contributed by atoms with Gasteiger partial charge >= 0.3 is 11.9 Å². The van der Waals surface area contributed by atoms with Crippen molar-refractivity contribution < 1.29 is 28.9 Å². The second-order valence-corrected chi connectivity index (χ2v) is 4.62. The van der Waals surface area contributed by atoms with Gasteiger partial charge in [0.25, 0.3) is 0 Å². The van der Waals surface area contributed by atoms with Crippen LogP contribution in [0.5, 0.6) is 11.5 Å². The fourth-order valence-electron chi connectivity index (χ4n) is 2.40. The van der Waals surface area contributed by atoms with Crippen molar-refractivity contribution >= 4 is 22.7 Å². The van der Waals surface area contributed by atoms with Gasteiger partial charge in [-0.2, -0.15) is 0 Å². The van der Waals surface area contributed by atoms with Crippen LogP contribution in [0.3, 0.4) is 0 Å². The topological polar surface area (TPSA) is 82.1 Å². The van der Waals surface area contributed by atoms with Crippen molar-refractivity contribution in [1.29, 1.82) is 0 Å². The molecule has 0 aliphatic heterocycles. The van der Waals surface area contributed by atoms with Gasteiger partial charge in [-0.05, 0) is 13.8 Å². The summed E-state index contributed by atoms with van der Waals surface area (Å²) in [6.07, 6.45) is 0. The van der Waals surface area contributed by atoms with Crippen LogP contribution in [0.15, 0.2) is 24.3 Å². The molecule has 0 aliphatic carbocycles. The van der Waals surface area contributed by atoms with Crippen LogP contribution in [-0.4, -0.2) is 37.4 Å². The molecular weight excluding hydrogens is 300 g/mol. The van der Waals surface area contributed by atoms with Crippen LogP contribution in [0.25, 0.3) is 10.8 Å². The quantitative estimate of drug-likeness (QED) is 0.854. The monoisotopic (exact) mass is 318 g/mol. The maximum atomic E-state index is 12.3. The average molecular weight is 318 g/mol. The van der Waals surface area contributed by atoms with E-state index in [2.05, 4.69) is 0 Å². The summed E-state index contributed by atoms with van der Waals surface area (Å²) >= 11 is 0. The summed E-state index contributed by atoms with van der Waals surface area (Å²) < 4.78 is 15.3. The number of carbonyl (C=O) groups excluding carboxylic acids is 2. The number of carbonyl (C=O) groups is 2. The lowest BCUT2D eigenvalue weighted by Crippen LogP contribution is -2.16. The van der Waals surface area contributed by atoms with E-state index >= 15 is 0 Å². The summed E-state index contributed by atoms with van der Waals surface area (Å²) in [5.41, 5.74) is -0.384. The zero-order valence-electron chi connectivity index (χ0n) is 13.2. The molecule has 6 heteroatoms. The molecule has 23 heavy (non-hydrogen) atoms. The van der Waals surface area contributed by atoms with Gasteiger partial charge in [0.1, 0.15) is 22.6 Å². The molecule has 0 spiro atoms. The van der Waals surface area contributed by atoms with Gasteiger partial charge in [0, 0.05) is 10.8 Å². The molecule has 6 nitrogen and oxygen atoms in total. The third-order valence-corrected chi connectivity index (χ3v) is 3.30. The van der Waals surface area contributed by atoms with E-state index in [1.165, 1.54) is 7.11 Å². The highest BCUT2D eigenvalue weighted by Crippen LogP contribution is 2.40. The molecular formula is C17H18O6. The molecule has 0 aromatic heterocycles. The Morgan fingerprint density at radius 2 is 1.48 bits per heavy atom. The lowest BCUT2D eigenvalue weighted by atomic mass is 9.97. The van der Waals surface area contributed by atoms with E-state index < -0.39 is 11.9 Å². The number of benzene rings is 2. The normalized spacial score (nSPS) is 10.4. The molecule has 0 unspecified atom stereocenters. The van der Waals surface area contributed by atoms with Gasteiger partial charge in [0.15, 0.2) is 0 Å². The van der Waals surface area contributed by atoms with E-state index in [0.717, 1.165) is 0 Å². The lowest BCUT2D eigenvalue weighted by Gasteiger charge is -2.17. The van der Waals surface area contributed by atoms with Crippen molar-refractivity contribution in [3.05, 3.63) is 35.4 Å². The lowest BCUT2D eigenvalue weighted by molar-refractivity contribution is 0.0473. The molecule has 0 saturated carbocycles. The second-order valence-electron chi connectivity index (χ2n) is 4.62. The predicted octanol–water partition coefficient (Wildman–Crippen LogP) is 2.91. The minimum absolute atomic E-state index is 0.107. The molecule has 2 rings (SSSR count). The first-order valence-electron chi connectivity index (χ1n) is 7.22. The molecule has 0 radical (unpaired) electrons. The first-order valence-corrected chi connectivity index (χ1v) is 7.22. The van der Waals surface area contributed by atoms with Crippen LogP contribution in [0.4, 0.5) is 0 Å². The number of hydrogen-bond acceptors (Lipinski definition) is 6. The number of rotatable bonds is 5. The Morgan fingerprint density at radius 3 is 2.00 bits per heavy atom. The number of fused-ring (bicyclic) bond motifs is 1. The highest BCUT2D eigenvalue weighted by atomic mass is 16.5. The Balaban J connectivity index is 2.88. The van der Waals surface area contributed by atoms with Crippen molar-refractivity contribution in [2.75, 3.05) is 20.3 Å². The Morgan fingerprint density at radius 1 is 0.957 bits per heavy atom. The SMILES string of the molecule is CCOC(=O)c1c(C(=O)OCC)c(OC)c2ccccc2c1O. The Labute approximate surface area is 133 Å². The summed E-state index contributed by atoms with van der Waals surface area (Å²) in [6, 6.07) is 6.76. The molecule has 0 heterocycles. The third-order valence-electron chi connectivity index (χ3n) is 3.30. The van der Waals surface area contributed by atoms with Gasteiger partial charge in [-0.3, -0.25) is 0 Å². The van der Waals surface area contributed by atoms with Gasteiger partial charge in [0.05, 0.1) is 20.3 Å². The molecule has 2 aromatic rings. The average Bonchev–Trinajstić information content (AvgIpc) is 2.55. The van der Waals surface area contributed by atoms with Crippen molar-refractivity contribution in [2.24, 2.45) is 0 Å². The summed E-state index contributed by atoms with van der Waals surface area (Å²) in [6.45, 7) is 3.51. The van der Waals surface area contributed by atoms with Gasteiger partial charge in [-0.15, -0.1) is 0 Å². The summed E-state index contributed by atoms with van der Waals surface area (Å²) in [7, 11) is 1.39. The summed E-state index contributed by atoms with van der Waals surface area (Å²) in [4.78, 5) is 24.6. The molecule has 122 valence electrons. The van der Waals surface area contributed by atoms with E-state index in [9.17, 15) is 14.7 Å². The largest absolute Gasteiger partial charge is 0.506 e. The maximum absolute atomic E-state index is 12.3. The molecule has 0 amide bonds. The first kappa shape index (κ1) is 16.6. The first-order chi connectivity index (χ1) is 11.1. The van der Waals surface area contributed by atoms with Crippen LogP contribution in [0.2, 0.25) is 0 Å². The van der Waals surface area contributed by atoms with Crippen LogP contribution in [0, 0.1) is 0 Å². The second kappa shape index (κ2) is 7.00. The van der Waals surface area contributed by atoms with Gasteiger partial charge in [-0.25, -0.2) is 9.59 Å². The van der Waals surface area contributed by atoms with Crippen LogP contribution in [0.1, 0.15) is 34.6 Å². The number of ether oxygens (including phenoxy) is 3. The Bertz CT molecular complexity index is 750. The molecule has 0 atom stereocenters. The van der Waals surface area contributed by atoms with Crippen LogP contribution in [-0.2, 0) is 9.47 Å². The van der Waals surface area contributed by atoms with E-state index in [4.69, 9.17) is 14.2 Å². The van der Waals surface area contributed by atoms with Crippen molar-refractivity contribution in [3.63, 3.8) is 0 Å². The standard InChI is InChI=1S/C17H18O6/c1-4-22-16(19)12-13(17(20)23-5-2)15(21-3)11-9-7-6-8-10(11)14(12)18/h6-9,18H,4-5H2,1-3H3. The zero-order chi connectivity index (χ0) is 17.0. The fourth-order valence-corrected chi connectivity index (χ4v) is 2.40. The molecule has 0 bridgehead atoms. The van der Waals surface area contributed by atoms with Crippen molar-refractivity contribution in [3.8, 4) is 11.5 Å². The number of phenols is 1. The molecule has 1 N–H and O–H groups in total. The minimum atomic E-state index is -0.808. The molecule has 0 aliphatic rings. The number of phenolic OH excluding ortho intramolecular Hbond substituents is 1. The zero-order valence-corrected chi connectivity index (χ0v) is 13.2. The summed E-state index contributed by atoms with van der Waals surface area (Å²) in [5.74, 6) is -1.73. The van der Waals surface area contributed by atoms with E-state index in [1.807, 2.05) is 0 Å². The minimum Gasteiger partial charge on any atom is -0.506 e. The molecule has 0 fully saturated rings. The van der Waals surface area contributed by atoms with Crippen molar-refractivity contribution in [2.45, 2.75) is 13.8 Å². The number of esters is 2. The number of aromatic hydroxyl groups is 1. The Hall–Kier alpha value is -2.76. The van der Waals surface area contributed by atoms with E-state index in [-0.39, 0.29) is 35.8 Å². The molecule has 0 saturated heterocycles. The van der Waals surface area contributed by atoms with E-state index in [0.29, 0.717) is 10.8 Å². The fraction of sp³-hybridized carbons (Fsp3) is 0.294. The predicted molar refractivity (Wildman–Crippen MR) is 84.1 cm³/mol. The van der Waals surface area contributed by atoms with Crippen LogP contribution < -0.4 is 4.74 Å². The van der Waals surface area contributed by atoms with E-state index in [1.54, 1.807) is 38.1 Å². The smallest absolute Gasteiger partial charge is 0.342 e.